The second kappa shape index (κ2) is 67.3. The number of nitrogens with zero attached hydrogens (tertiary/aromatic N) is 5. The summed E-state index contributed by atoms with van der Waals surface area (Å²) in [4.78, 5) is 62.0. The van der Waals surface area contributed by atoms with Gasteiger partial charge < -0.3 is 30.7 Å². The minimum absolute atomic E-state index is 0.0214. The molecule has 5 N–H and O–H groups in total. The minimum Gasteiger partial charge on any atom is -0.507 e. The van der Waals surface area contributed by atoms with Crippen LogP contribution >= 0.6 is 0 Å². The molecule has 16 heteroatoms. The van der Waals surface area contributed by atoms with E-state index < -0.39 is 17.8 Å². The molecule has 1 aliphatic heterocycles. The summed E-state index contributed by atoms with van der Waals surface area (Å²) < 4.78 is 5.15. The molecule has 2 amide bonds. The van der Waals surface area contributed by atoms with Crippen LogP contribution in [-0.4, -0.2) is 89.3 Å². The normalized spacial score (nSPS) is 11.1. The third-order valence-electron chi connectivity index (χ3n) is 17.2. The number of hydrogen-bond donors (Lipinski definition) is 5. The van der Waals surface area contributed by atoms with Crippen LogP contribution in [0.1, 0.15) is 266 Å². The van der Waals surface area contributed by atoms with Crippen molar-refractivity contribution in [3.05, 3.63) is 292 Å². The molecule has 0 bridgehead atoms. The van der Waals surface area contributed by atoms with E-state index in [0.717, 1.165) is 69.6 Å². The van der Waals surface area contributed by atoms with Crippen LogP contribution in [0.15, 0.2) is 236 Å². The molecule has 0 aliphatic carbocycles. The molecule has 1 fully saturated rings. The Labute approximate surface area is 730 Å². The number of fused-ring (bicyclic) bond motifs is 1. The Morgan fingerprint density at radius 2 is 0.901 bits per heavy atom. The first-order valence-electron chi connectivity index (χ1n) is 43.3. The Morgan fingerprint density at radius 1 is 0.504 bits per heavy atom. The molecule has 1 saturated heterocycles. The number of likely N-dealkylation sites (tertiary alicyclic amines) is 1. The van der Waals surface area contributed by atoms with Crippen molar-refractivity contribution >= 4 is 57.3 Å². The molecule has 2 heterocycles. The SMILES string of the molecule is C=C(C)C(=O)CC.CC.CC.CC.CC.CC.CC.CC.CC.CC1CC(C)(C)N(C)C(C)(C)C1.CCCOC(=O)C(C#N)=C(c1ccccc1)c1ccccc1.CCCc1ccc(O)c(-n2nc3ccccc3n2)c1.Cc1cc(C)c(O)c(C)c1.Cc1ccc(C(=O)c2ccccc2O)cc1.Cc1ccc(NC(=O)C(=O)Nc2ccccc2)cc1. The first-order valence-corrected chi connectivity index (χ1v) is 43.3. The number of nitrogens with one attached hydrogen (secondary N) is 2. The molecule has 1 aliphatic rings. The topological polar surface area (TPSA) is 237 Å². The maximum Gasteiger partial charge on any atom is 0.349 e. The van der Waals surface area contributed by atoms with E-state index in [1.54, 1.807) is 79.7 Å². The number of carbonyl (C=O) groups is 5. The standard InChI is InChI=1S/C19H17NO2.C15H15N3O.C15H14N2O2.C14H12O2.C11H23N.C9H12O.C6H10O.8C2H6/c1-2-13-22-19(21)17(14-20)18(15-9-5-3-6-10-15)16-11-7-4-8-12-16;1-2-5-11-8-9-15(19)14(10-11)18-16-12-6-3-4-7-13(12)17-18;1-11-7-9-13(10-8-11)17-15(19)14(18)16-12-5-3-2-4-6-12;1-10-6-8-11(9-7-10)14(16)12-4-2-3-5-13(12)15;1-9-7-10(2,3)12(6)11(4,5)8-9;1-6-4-7(2)9(10)8(3)5-6;1-4-6(7)5(2)3;8*1-2/h3-12H,2,13H2,1H3;3-4,6-10,19H,2,5H2,1H3;2-10H,1H3,(H,16,18)(H,17,19);2-9,15H,1H3;9H,7-8H2,1-6H3;4-5,10H,1-3H3;2,4H2,1,3H3;8*1-2H3. The van der Waals surface area contributed by atoms with Crippen molar-refractivity contribution in [2.24, 2.45) is 5.92 Å². The lowest BCUT2D eigenvalue weighted by atomic mass is 9.75. The second-order valence-electron chi connectivity index (χ2n) is 27.1. The van der Waals surface area contributed by atoms with Crippen LogP contribution in [-0.2, 0) is 30.3 Å². The van der Waals surface area contributed by atoms with Gasteiger partial charge in [0.1, 0.15) is 45.6 Å². The van der Waals surface area contributed by atoms with E-state index in [4.69, 9.17) is 4.74 Å². The van der Waals surface area contributed by atoms with E-state index in [1.165, 1.54) is 34.8 Å². The number of amides is 2. The fourth-order valence-corrected chi connectivity index (χ4v) is 11.7. The number of carbonyl (C=O) groups excluding carboxylic acids is 5. The molecular formula is C105H151N7O9. The number of piperidine rings is 1. The number of phenols is 3. The van der Waals surface area contributed by atoms with Gasteiger partial charge in [0.2, 0.25) is 0 Å². The average Bonchev–Trinajstić information content (AvgIpc) is 1.68. The Kier molecular flexibility index (Phi) is 64.4. The summed E-state index contributed by atoms with van der Waals surface area (Å²) in [5.74, 6) is -0.449. The summed E-state index contributed by atoms with van der Waals surface area (Å²) in [5, 5.41) is 52.2. The van der Waals surface area contributed by atoms with Crippen LogP contribution in [0, 0.1) is 51.9 Å². The first kappa shape index (κ1) is 116. The van der Waals surface area contributed by atoms with Gasteiger partial charge >= 0.3 is 17.8 Å². The van der Waals surface area contributed by atoms with Crippen LogP contribution in [0.25, 0.3) is 22.3 Å². The number of hydrogen-bond acceptors (Lipinski definition) is 13. The van der Waals surface area contributed by atoms with Gasteiger partial charge in [0, 0.05) is 40.0 Å². The zero-order valence-corrected chi connectivity index (χ0v) is 79.5. The Morgan fingerprint density at radius 3 is 1.29 bits per heavy atom. The van der Waals surface area contributed by atoms with Gasteiger partial charge in [0.15, 0.2) is 11.6 Å². The third-order valence-corrected chi connectivity index (χ3v) is 17.2. The number of allylic oxidation sites excluding steroid dienone is 1. The van der Waals surface area contributed by atoms with Crippen LogP contribution in [0.4, 0.5) is 11.4 Å². The number of esters is 1. The van der Waals surface area contributed by atoms with Crippen LogP contribution in [0.5, 0.6) is 17.2 Å². The van der Waals surface area contributed by atoms with Gasteiger partial charge in [-0.15, -0.1) is 15.0 Å². The molecule has 11 rings (SSSR count). The predicted molar refractivity (Wildman–Crippen MR) is 515 cm³/mol. The number of anilines is 2. The lowest BCUT2D eigenvalue weighted by Crippen LogP contribution is -2.58. The molecule has 0 unspecified atom stereocenters. The van der Waals surface area contributed by atoms with E-state index in [9.17, 15) is 44.6 Å². The summed E-state index contributed by atoms with van der Waals surface area (Å²) in [6.45, 7) is 64.9. The average molecular weight is 1660 g/mol. The zero-order chi connectivity index (χ0) is 93.4. The van der Waals surface area contributed by atoms with E-state index in [-0.39, 0.29) is 28.6 Å². The monoisotopic (exact) mass is 1650 g/mol. The van der Waals surface area contributed by atoms with E-state index in [0.29, 0.717) is 69.2 Å². The first-order chi connectivity index (χ1) is 57.9. The number of aryl methyl sites for hydroxylation is 6. The fraction of sp³-hybridized carbons (Fsp3) is 0.390. The molecule has 121 heavy (non-hydrogen) atoms. The van der Waals surface area contributed by atoms with Crippen molar-refractivity contribution in [2.45, 2.75) is 257 Å². The second-order valence-corrected chi connectivity index (χ2v) is 27.1. The fourth-order valence-electron chi connectivity index (χ4n) is 11.7. The number of benzene rings is 9. The molecule has 660 valence electrons. The van der Waals surface area contributed by atoms with Gasteiger partial charge in [0.05, 0.1) is 12.2 Å². The zero-order valence-electron chi connectivity index (χ0n) is 79.5. The highest BCUT2D eigenvalue weighted by Gasteiger charge is 2.41. The molecular weight excluding hydrogens is 1500 g/mol. The highest BCUT2D eigenvalue weighted by molar-refractivity contribution is 6.43. The van der Waals surface area contributed by atoms with E-state index >= 15 is 0 Å². The number of aromatic hydroxyl groups is 3. The maximum absolute atomic E-state index is 12.2. The number of phenolic OH excluding ortho intramolecular Hbond substituents is 3. The quantitative estimate of drug-likeness (QED) is 0.0224. The lowest BCUT2D eigenvalue weighted by molar-refractivity contribution is -0.138. The molecule has 0 spiro atoms. The molecule has 10 aromatic rings. The minimum atomic E-state index is -0.688. The van der Waals surface area contributed by atoms with Gasteiger partial charge in [-0.2, -0.15) is 5.26 Å². The van der Waals surface area contributed by atoms with Crippen molar-refractivity contribution in [1.82, 2.24) is 19.9 Å². The van der Waals surface area contributed by atoms with E-state index in [2.05, 4.69) is 80.9 Å². The molecule has 16 nitrogen and oxygen atoms in total. The van der Waals surface area contributed by atoms with Crippen LogP contribution < -0.4 is 10.6 Å². The van der Waals surface area contributed by atoms with Gasteiger partial charge in [-0.05, 0) is 202 Å². The van der Waals surface area contributed by atoms with Crippen molar-refractivity contribution in [1.29, 1.82) is 5.26 Å². The molecule has 0 radical (unpaired) electrons. The summed E-state index contributed by atoms with van der Waals surface area (Å²) in [5.41, 5.74) is 14.6. The summed E-state index contributed by atoms with van der Waals surface area (Å²) in [6, 6.07) is 68.0. The Balaban J connectivity index is -0.000000653. The molecule has 1 aromatic heterocycles. The Hall–Kier alpha value is -11.5. The summed E-state index contributed by atoms with van der Waals surface area (Å²) in [7, 11) is 2.26. The van der Waals surface area contributed by atoms with Crippen LogP contribution in [0.3, 0.4) is 0 Å². The number of rotatable bonds is 14. The number of para-hydroxylation sites is 2. The number of Topliss-reactive ketones (excluding diaryl/α,β-unsaturated/α-hetero) is 1. The number of aromatic nitrogens is 3. The molecule has 0 saturated carbocycles. The van der Waals surface area contributed by atoms with Crippen LogP contribution in [0.2, 0.25) is 0 Å². The van der Waals surface area contributed by atoms with Crippen molar-refractivity contribution in [3.63, 3.8) is 0 Å². The number of ether oxygens (including phenoxy) is 1. The lowest BCUT2D eigenvalue weighted by Gasteiger charge is -2.53. The number of ketones is 2. The molecule has 9 aromatic carbocycles. The predicted octanol–water partition coefficient (Wildman–Crippen LogP) is 27.5. The van der Waals surface area contributed by atoms with Gasteiger partial charge in [0.25, 0.3) is 0 Å². The highest BCUT2D eigenvalue weighted by atomic mass is 16.5. The summed E-state index contributed by atoms with van der Waals surface area (Å²) in [6.07, 6.45) is 6.00. The van der Waals surface area contributed by atoms with E-state index in [1.807, 2.05) is 305 Å². The molecule has 0 atom stereocenters. The van der Waals surface area contributed by atoms with Gasteiger partial charge in [-0.1, -0.05) is 326 Å². The smallest absolute Gasteiger partial charge is 0.349 e. The van der Waals surface area contributed by atoms with Gasteiger partial charge in [-0.3, -0.25) is 24.1 Å². The van der Waals surface area contributed by atoms with Crippen molar-refractivity contribution in [3.8, 4) is 29.0 Å². The number of nitriles is 1. The van der Waals surface area contributed by atoms with Crippen molar-refractivity contribution < 1.29 is 44.0 Å². The third kappa shape index (κ3) is 43.3. The maximum atomic E-state index is 12.2. The summed E-state index contributed by atoms with van der Waals surface area (Å²) >= 11 is 0. The largest absolute Gasteiger partial charge is 0.507 e. The Bertz CT molecular complexity index is 4450. The van der Waals surface area contributed by atoms with Crippen molar-refractivity contribution in [2.75, 3.05) is 24.3 Å². The highest BCUT2D eigenvalue weighted by Crippen LogP contribution is 2.40. The van der Waals surface area contributed by atoms with Gasteiger partial charge in [-0.25, -0.2) is 4.79 Å².